The van der Waals surface area contributed by atoms with Gasteiger partial charge in [-0.2, -0.15) is 9.36 Å². The minimum absolute atomic E-state index is 0.267. The van der Waals surface area contributed by atoms with Gasteiger partial charge in [-0.1, -0.05) is 6.92 Å². The summed E-state index contributed by atoms with van der Waals surface area (Å²) in [6.07, 6.45) is 0.689. The highest BCUT2D eigenvalue weighted by atomic mass is 32.1. The monoisotopic (exact) mass is 202 g/mol. The molecular formula is C7H14N4OS. The molecule has 0 radical (unpaired) electrons. The van der Waals surface area contributed by atoms with E-state index in [1.165, 1.54) is 11.5 Å². The molecule has 0 bridgehead atoms. The van der Waals surface area contributed by atoms with E-state index in [4.69, 9.17) is 5.73 Å². The predicted molar refractivity (Wildman–Crippen MR) is 53.7 cm³/mol. The van der Waals surface area contributed by atoms with Crippen LogP contribution in [0.5, 0.6) is 0 Å². The minimum Gasteiger partial charge on any atom is -0.388 e. The average molecular weight is 202 g/mol. The number of nitrogen functional groups attached to an aromatic ring is 1. The van der Waals surface area contributed by atoms with Crippen LogP contribution in [0.4, 0.5) is 11.1 Å². The van der Waals surface area contributed by atoms with Crippen LogP contribution in [0.15, 0.2) is 0 Å². The Morgan fingerprint density at radius 1 is 1.69 bits per heavy atom. The van der Waals surface area contributed by atoms with Gasteiger partial charge in [0.2, 0.25) is 11.1 Å². The van der Waals surface area contributed by atoms with Gasteiger partial charge in [0, 0.05) is 18.1 Å². The molecule has 1 heterocycles. The molecule has 0 amide bonds. The fraction of sp³-hybridized carbons (Fsp3) is 0.714. The average Bonchev–Trinajstić information content (AvgIpc) is 2.48. The number of nitrogens with zero attached hydrogens (tertiary/aromatic N) is 2. The van der Waals surface area contributed by atoms with Crippen LogP contribution in [-0.4, -0.2) is 26.6 Å². The summed E-state index contributed by atoms with van der Waals surface area (Å²) in [4.78, 5) is 3.91. The lowest BCUT2D eigenvalue weighted by Crippen LogP contribution is -2.32. The molecule has 13 heavy (non-hydrogen) atoms. The van der Waals surface area contributed by atoms with E-state index in [9.17, 15) is 5.11 Å². The van der Waals surface area contributed by atoms with Crippen LogP contribution < -0.4 is 11.1 Å². The molecule has 1 aromatic heterocycles. The largest absolute Gasteiger partial charge is 0.388 e. The fourth-order valence-electron chi connectivity index (χ4n) is 0.698. The van der Waals surface area contributed by atoms with Crippen molar-refractivity contribution in [1.29, 1.82) is 0 Å². The second-order valence-electron chi connectivity index (χ2n) is 3.16. The van der Waals surface area contributed by atoms with Crippen LogP contribution in [0, 0.1) is 0 Å². The van der Waals surface area contributed by atoms with Crippen molar-refractivity contribution in [2.45, 2.75) is 25.9 Å². The standard InChI is InChI=1S/C7H14N4OS/c1-3-7(2,12)4-9-6-10-5(8)11-13-6/h12H,3-4H2,1-2H3,(H3,8,9,10,11). The number of anilines is 2. The van der Waals surface area contributed by atoms with Gasteiger partial charge in [0.05, 0.1) is 5.60 Å². The summed E-state index contributed by atoms with van der Waals surface area (Å²) in [5, 5.41) is 13.3. The third-order valence-electron chi connectivity index (χ3n) is 1.82. The van der Waals surface area contributed by atoms with Gasteiger partial charge in [0.1, 0.15) is 0 Å². The fourth-order valence-corrected chi connectivity index (χ4v) is 1.19. The van der Waals surface area contributed by atoms with Crippen molar-refractivity contribution in [3.8, 4) is 0 Å². The molecule has 0 spiro atoms. The molecule has 1 rings (SSSR count). The summed E-state index contributed by atoms with van der Waals surface area (Å²) >= 11 is 1.19. The zero-order valence-corrected chi connectivity index (χ0v) is 8.56. The summed E-state index contributed by atoms with van der Waals surface area (Å²) in [7, 11) is 0. The van der Waals surface area contributed by atoms with Crippen LogP contribution in [0.3, 0.4) is 0 Å². The lowest BCUT2D eigenvalue weighted by Gasteiger charge is -2.20. The van der Waals surface area contributed by atoms with Gasteiger partial charge in [0.15, 0.2) is 0 Å². The Labute approximate surface area is 81.2 Å². The Morgan fingerprint density at radius 3 is 2.85 bits per heavy atom. The topological polar surface area (TPSA) is 84.1 Å². The molecule has 0 aliphatic rings. The summed E-state index contributed by atoms with van der Waals surface area (Å²) in [6.45, 7) is 4.15. The molecule has 1 aromatic rings. The van der Waals surface area contributed by atoms with Gasteiger partial charge >= 0.3 is 0 Å². The van der Waals surface area contributed by atoms with Crippen molar-refractivity contribution in [3.63, 3.8) is 0 Å². The highest BCUT2D eigenvalue weighted by molar-refractivity contribution is 7.09. The quantitative estimate of drug-likeness (QED) is 0.669. The molecule has 0 saturated heterocycles. The second kappa shape index (κ2) is 3.89. The van der Waals surface area contributed by atoms with E-state index in [2.05, 4.69) is 14.7 Å². The normalized spacial score (nSPS) is 15.3. The third-order valence-corrected chi connectivity index (χ3v) is 2.51. The van der Waals surface area contributed by atoms with Crippen LogP contribution in [-0.2, 0) is 0 Å². The smallest absolute Gasteiger partial charge is 0.233 e. The highest BCUT2D eigenvalue weighted by Gasteiger charge is 2.17. The first-order valence-corrected chi connectivity index (χ1v) is 4.86. The Morgan fingerprint density at radius 2 is 2.38 bits per heavy atom. The summed E-state index contributed by atoms with van der Waals surface area (Å²) in [5.41, 5.74) is 4.63. The van der Waals surface area contributed by atoms with Gasteiger partial charge in [0.25, 0.3) is 0 Å². The minimum atomic E-state index is -0.708. The molecule has 6 heteroatoms. The van der Waals surface area contributed by atoms with E-state index < -0.39 is 5.60 Å². The van der Waals surface area contributed by atoms with Crippen molar-refractivity contribution in [3.05, 3.63) is 0 Å². The van der Waals surface area contributed by atoms with Crippen molar-refractivity contribution < 1.29 is 5.11 Å². The van der Waals surface area contributed by atoms with E-state index in [0.717, 1.165) is 0 Å². The van der Waals surface area contributed by atoms with Crippen LogP contribution >= 0.6 is 11.5 Å². The van der Waals surface area contributed by atoms with Crippen LogP contribution in [0.2, 0.25) is 0 Å². The number of aromatic nitrogens is 2. The highest BCUT2D eigenvalue weighted by Crippen LogP contribution is 2.14. The molecule has 4 N–H and O–H groups in total. The maximum absolute atomic E-state index is 9.65. The molecule has 0 aromatic carbocycles. The molecule has 0 aliphatic heterocycles. The Bertz CT molecular complexity index is 273. The first kappa shape index (κ1) is 10.2. The molecular weight excluding hydrogens is 188 g/mol. The SMILES string of the molecule is CCC(C)(O)CNc1nc(N)ns1. The molecule has 5 nitrogen and oxygen atoms in total. The number of nitrogens with one attached hydrogen (secondary N) is 1. The van der Waals surface area contributed by atoms with Gasteiger partial charge in [-0.25, -0.2) is 0 Å². The lowest BCUT2D eigenvalue weighted by atomic mass is 10.0. The van der Waals surface area contributed by atoms with Gasteiger partial charge in [-0.05, 0) is 13.3 Å². The van der Waals surface area contributed by atoms with Crippen molar-refractivity contribution >= 4 is 22.6 Å². The van der Waals surface area contributed by atoms with Crippen molar-refractivity contribution in [1.82, 2.24) is 9.36 Å². The number of hydrogen-bond acceptors (Lipinski definition) is 6. The zero-order valence-electron chi connectivity index (χ0n) is 7.74. The van der Waals surface area contributed by atoms with Gasteiger partial charge in [-0.15, -0.1) is 0 Å². The third kappa shape index (κ3) is 3.16. The van der Waals surface area contributed by atoms with E-state index in [-0.39, 0.29) is 5.95 Å². The first-order valence-electron chi connectivity index (χ1n) is 4.09. The molecule has 0 fully saturated rings. The van der Waals surface area contributed by atoms with E-state index >= 15 is 0 Å². The predicted octanol–water partition coefficient (Wildman–Crippen LogP) is 0.693. The summed E-state index contributed by atoms with van der Waals surface area (Å²) in [6, 6.07) is 0. The summed E-state index contributed by atoms with van der Waals surface area (Å²) in [5.74, 6) is 0.267. The molecule has 0 saturated carbocycles. The van der Waals surface area contributed by atoms with E-state index in [1.54, 1.807) is 6.92 Å². The van der Waals surface area contributed by atoms with E-state index in [0.29, 0.717) is 18.1 Å². The first-order chi connectivity index (χ1) is 6.03. The zero-order chi connectivity index (χ0) is 9.90. The Balaban J connectivity index is 2.43. The maximum Gasteiger partial charge on any atom is 0.233 e. The molecule has 1 unspecified atom stereocenters. The number of hydrogen-bond donors (Lipinski definition) is 3. The maximum atomic E-state index is 9.65. The molecule has 74 valence electrons. The van der Waals surface area contributed by atoms with Crippen LogP contribution in [0.1, 0.15) is 20.3 Å². The molecule has 1 atom stereocenters. The van der Waals surface area contributed by atoms with Crippen molar-refractivity contribution in [2.24, 2.45) is 0 Å². The summed E-state index contributed by atoms with van der Waals surface area (Å²) < 4.78 is 3.81. The Hall–Kier alpha value is -0.880. The van der Waals surface area contributed by atoms with Crippen LogP contribution in [0.25, 0.3) is 0 Å². The van der Waals surface area contributed by atoms with E-state index in [1.807, 2.05) is 6.92 Å². The Kier molecular flexibility index (Phi) is 3.05. The van der Waals surface area contributed by atoms with Gasteiger partial charge < -0.3 is 16.2 Å². The number of nitrogens with two attached hydrogens (primary N) is 1. The van der Waals surface area contributed by atoms with Crippen molar-refractivity contribution in [2.75, 3.05) is 17.6 Å². The number of rotatable bonds is 4. The molecule has 0 aliphatic carbocycles. The second-order valence-corrected chi connectivity index (χ2v) is 3.91. The van der Waals surface area contributed by atoms with Gasteiger partial charge in [-0.3, -0.25) is 0 Å². The lowest BCUT2D eigenvalue weighted by molar-refractivity contribution is 0.0697. The number of aliphatic hydroxyl groups is 1.